The molecule has 3 rings (SSSR count). The molecule has 0 spiro atoms. The maximum Gasteiger partial charge on any atom is 0.271 e. The third-order valence-electron chi connectivity index (χ3n) is 4.50. The fourth-order valence-electron chi connectivity index (χ4n) is 2.87. The normalized spacial score (nSPS) is 10.7. The molecule has 2 amide bonds. The summed E-state index contributed by atoms with van der Waals surface area (Å²) >= 11 is 7.95. The molecule has 0 aliphatic heterocycles. The molecule has 34 heavy (non-hydrogen) atoms. The van der Waals surface area contributed by atoms with Gasteiger partial charge in [-0.2, -0.15) is 5.10 Å². The second kappa shape index (κ2) is 12.4. The van der Waals surface area contributed by atoms with Crippen LogP contribution in [0.15, 0.2) is 65.8 Å². The zero-order valence-electron chi connectivity index (χ0n) is 18.6. The molecule has 0 atom stereocenters. The van der Waals surface area contributed by atoms with Crippen molar-refractivity contribution in [3.05, 3.63) is 85.9 Å². The maximum atomic E-state index is 12.3. The van der Waals surface area contributed by atoms with Gasteiger partial charge in [-0.1, -0.05) is 29.3 Å². The van der Waals surface area contributed by atoms with Crippen LogP contribution >= 0.6 is 34.2 Å². The van der Waals surface area contributed by atoms with Crippen molar-refractivity contribution in [2.45, 2.75) is 13.8 Å². The molecule has 0 aromatic heterocycles. The summed E-state index contributed by atoms with van der Waals surface area (Å²) in [5, 5.41) is 7.37. The molecule has 176 valence electrons. The van der Waals surface area contributed by atoms with Crippen LogP contribution in [0.4, 0.5) is 5.69 Å². The summed E-state index contributed by atoms with van der Waals surface area (Å²) in [5.74, 6) is 0.303. The van der Waals surface area contributed by atoms with Crippen LogP contribution < -0.4 is 20.2 Å². The number of carbonyl (C=O) groups excluding carboxylic acids is 2. The number of rotatable bonds is 9. The lowest BCUT2D eigenvalue weighted by molar-refractivity contribution is -0.118. The minimum absolute atomic E-state index is 0.172. The monoisotopic (exact) mass is 591 g/mol. The molecule has 7 nitrogen and oxygen atoms in total. The molecule has 3 aromatic rings. The van der Waals surface area contributed by atoms with Gasteiger partial charge >= 0.3 is 0 Å². The maximum absolute atomic E-state index is 12.3. The summed E-state index contributed by atoms with van der Waals surface area (Å²) in [6, 6.07) is 17.6. The van der Waals surface area contributed by atoms with E-state index >= 15 is 0 Å². The van der Waals surface area contributed by atoms with Crippen molar-refractivity contribution >= 4 is 57.9 Å². The highest BCUT2D eigenvalue weighted by Crippen LogP contribution is 2.34. The van der Waals surface area contributed by atoms with Gasteiger partial charge in [-0.3, -0.25) is 9.59 Å². The fourth-order valence-corrected chi connectivity index (χ4v) is 3.78. The summed E-state index contributed by atoms with van der Waals surface area (Å²) in [6.07, 6.45) is 1.51. The zero-order valence-corrected chi connectivity index (χ0v) is 21.5. The molecule has 0 heterocycles. The van der Waals surface area contributed by atoms with Crippen LogP contribution in [0, 0.1) is 10.5 Å². The standard InChI is InChI=1S/C25H23ClIN3O4/c1-3-33-22-13-17(14-28-30-25(32)18-6-8-19(26)9-7-18)12-21(27)24(22)34-15-23(31)29-20-10-4-16(2)5-11-20/h4-14H,3,15H2,1-2H3,(H,29,31)(H,30,32)/b28-14-. The van der Waals surface area contributed by atoms with Crippen molar-refractivity contribution in [3.8, 4) is 11.5 Å². The first-order valence-corrected chi connectivity index (χ1v) is 11.9. The molecular formula is C25H23ClIN3O4. The summed E-state index contributed by atoms with van der Waals surface area (Å²) in [5.41, 5.74) is 5.43. The Kier molecular flexibility index (Phi) is 9.29. The van der Waals surface area contributed by atoms with Crippen LogP contribution in [-0.4, -0.2) is 31.2 Å². The predicted octanol–water partition coefficient (Wildman–Crippen LogP) is 5.43. The van der Waals surface area contributed by atoms with Crippen molar-refractivity contribution in [2.24, 2.45) is 5.10 Å². The highest BCUT2D eigenvalue weighted by molar-refractivity contribution is 14.1. The Labute approximate surface area is 216 Å². The number of amides is 2. The van der Waals surface area contributed by atoms with E-state index in [1.165, 1.54) is 6.21 Å². The molecule has 9 heteroatoms. The second-order valence-corrected chi connectivity index (χ2v) is 8.77. The van der Waals surface area contributed by atoms with Gasteiger partial charge in [0.1, 0.15) is 0 Å². The average Bonchev–Trinajstić information content (AvgIpc) is 2.80. The first-order valence-electron chi connectivity index (χ1n) is 10.4. The topological polar surface area (TPSA) is 89.0 Å². The van der Waals surface area contributed by atoms with E-state index in [4.69, 9.17) is 21.1 Å². The molecule has 0 saturated heterocycles. The number of hydrogen-bond donors (Lipinski definition) is 2. The van der Waals surface area contributed by atoms with Crippen LogP contribution in [0.5, 0.6) is 11.5 Å². The van der Waals surface area contributed by atoms with E-state index in [0.29, 0.717) is 39.9 Å². The number of benzene rings is 3. The Bertz CT molecular complexity index is 1180. The largest absolute Gasteiger partial charge is 0.490 e. The number of ether oxygens (including phenoxy) is 2. The van der Waals surface area contributed by atoms with Crippen molar-refractivity contribution in [1.82, 2.24) is 5.43 Å². The number of anilines is 1. The van der Waals surface area contributed by atoms with Gasteiger partial charge < -0.3 is 14.8 Å². The highest BCUT2D eigenvalue weighted by atomic mass is 127. The Balaban J connectivity index is 1.65. The summed E-state index contributed by atoms with van der Waals surface area (Å²) in [7, 11) is 0. The van der Waals surface area contributed by atoms with Gasteiger partial charge in [0.2, 0.25) is 0 Å². The van der Waals surface area contributed by atoms with Crippen LogP contribution in [0.3, 0.4) is 0 Å². The molecule has 0 aliphatic carbocycles. The number of hydrazone groups is 1. The van der Waals surface area contributed by atoms with Crippen molar-refractivity contribution in [1.29, 1.82) is 0 Å². The third-order valence-corrected chi connectivity index (χ3v) is 5.55. The second-order valence-electron chi connectivity index (χ2n) is 7.17. The first kappa shape index (κ1) is 25.5. The van der Waals surface area contributed by atoms with Gasteiger partial charge in [-0.25, -0.2) is 5.43 Å². The smallest absolute Gasteiger partial charge is 0.271 e. The number of halogens is 2. The van der Waals surface area contributed by atoms with E-state index in [9.17, 15) is 9.59 Å². The third kappa shape index (κ3) is 7.46. The van der Waals surface area contributed by atoms with Crippen LogP contribution in [0.25, 0.3) is 0 Å². The molecule has 3 aromatic carbocycles. The number of carbonyl (C=O) groups is 2. The minimum Gasteiger partial charge on any atom is -0.490 e. The summed E-state index contributed by atoms with van der Waals surface area (Å²) < 4.78 is 12.2. The molecule has 0 unspecified atom stereocenters. The molecular weight excluding hydrogens is 569 g/mol. The lowest BCUT2D eigenvalue weighted by Crippen LogP contribution is -2.20. The van der Waals surface area contributed by atoms with Gasteiger partial charge in [0.15, 0.2) is 18.1 Å². The van der Waals surface area contributed by atoms with E-state index in [1.54, 1.807) is 30.3 Å². The van der Waals surface area contributed by atoms with E-state index < -0.39 is 0 Å². The number of hydrogen-bond acceptors (Lipinski definition) is 5. The van der Waals surface area contributed by atoms with Crippen LogP contribution in [-0.2, 0) is 4.79 Å². The molecule has 0 radical (unpaired) electrons. The van der Waals surface area contributed by atoms with Gasteiger partial charge in [-0.15, -0.1) is 0 Å². The van der Waals surface area contributed by atoms with Gasteiger partial charge in [0.25, 0.3) is 11.8 Å². The molecule has 0 saturated carbocycles. The summed E-state index contributed by atoms with van der Waals surface area (Å²) in [4.78, 5) is 24.5. The Morgan fingerprint density at radius 3 is 2.44 bits per heavy atom. The average molecular weight is 592 g/mol. The molecule has 0 bridgehead atoms. The minimum atomic E-state index is -0.354. The van der Waals surface area contributed by atoms with Gasteiger partial charge in [-0.05, 0) is 90.5 Å². The zero-order chi connectivity index (χ0) is 24.5. The van der Waals surface area contributed by atoms with Crippen molar-refractivity contribution in [3.63, 3.8) is 0 Å². The van der Waals surface area contributed by atoms with Crippen LogP contribution in [0.2, 0.25) is 5.02 Å². The van der Waals surface area contributed by atoms with Gasteiger partial charge in [0.05, 0.1) is 16.4 Å². The quantitative estimate of drug-likeness (QED) is 0.197. The fraction of sp³-hybridized carbons (Fsp3) is 0.160. The summed E-state index contributed by atoms with van der Waals surface area (Å²) in [6.45, 7) is 4.08. The van der Waals surface area contributed by atoms with Crippen molar-refractivity contribution in [2.75, 3.05) is 18.5 Å². The Morgan fingerprint density at radius 2 is 1.76 bits per heavy atom. The van der Waals surface area contributed by atoms with E-state index in [0.717, 1.165) is 9.13 Å². The molecule has 2 N–H and O–H groups in total. The Hall–Kier alpha value is -3.11. The van der Waals surface area contributed by atoms with E-state index in [2.05, 4.69) is 38.4 Å². The molecule has 0 fully saturated rings. The van der Waals surface area contributed by atoms with Gasteiger partial charge in [0, 0.05) is 16.3 Å². The van der Waals surface area contributed by atoms with Crippen molar-refractivity contribution < 1.29 is 19.1 Å². The first-order chi connectivity index (χ1) is 16.4. The number of nitrogens with one attached hydrogen (secondary N) is 2. The number of aryl methyl sites for hydroxylation is 1. The number of nitrogens with zero attached hydrogens (tertiary/aromatic N) is 1. The van der Waals surface area contributed by atoms with E-state index in [1.807, 2.05) is 44.2 Å². The lowest BCUT2D eigenvalue weighted by atomic mass is 10.2. The predicted molar refractivity (Wildman–Crippen MR) is 142 cm³/mol. The highest BCUT2D eigenvalue weighted by Gasteiger charge is 2.14. The SMILES string of the molecule is CCOc1cc(/C=N\NC(=O)c2ccc(Cl)cc2)cc(I)c1OCC(=O)Nc1ccc(C)cc1. The Morgan fingerprint density at radius 1 is 1.06 bits per heavy atom. The van der Waals surface area contributed by atoms with Crippen LogP contribution in [0.1, 0.15) is 28.4 Å². The van der Waals surface area contributed by atoms with E-state index in [-0.39, 0.29) is 18.4 Å². The molecule has 0 aliphatic rings. The lowest BCUT2D eigenvalue weighted by Gasteiger charge is -2.14.